The largest absolute Gasteiger partial charge is 0.370 e. The van der Waals surface area contributed by atoms with Crippen LogP contribution in [0.5, 0.6) is 0 Å². The van der Waals surface area contributed by atoms with Gasteiger partial charge < -0.3 is 9.80 Å². The fraction of sp³-hybridized carbons (Fsp3) is 0.750. The molecule has 116 valence electrons. The number of nitrogens with zero attached hydrogens (tertiary/aromatic N) is 2. The maximum absolute atomic E-state index is 11.9. The van der Waals surface area contributed by atoms with E-state index in [2.05, 4.69) is 37.5 Å². The second kappa shape index (κ2) is 9.11. The van der Waals surface area contributed by atoms with E-state index >= 15 is 0 Å². The van der Waals surface area contributed by atoms with E-state index in [-0.39, 0.29) is 5.43 Å². The molecule has 0 aliphatic rings. The van der Waals surface area contributed by atoms with Gasteiger partial charge in [0.2, 0.25) is 5.43 Å². The maximum atomic E-state index is 11.9. The Balaban J connectivity index is 0.00000172. The van der Waals surface area contributed by atoms with Gasteiger partial charge in [0, 0.05) is 26.7 Å². The van der Waals surface area contributed by atoms with Gasteiger partial charge in [-0.05, 0) is 26.2 Å². The highest BCUT2D eigenvalue weighted by atomic mass is 32.1. The van der Waals surface area contributed by atoms with Crippen LogP contribution < -0.4 is 15.2 Å². The van der Waals surface area contributed by atoms with Crippen LogP contribution in [0.15, 0.2) is 4.79 Å². The van der Waals surface area contributed by atoms with Crippen molar-refractivity contribution < 1.29 is 0 Å². The Morgan fingerprint density at radius 3 is 2.00 bits per heavy atom. The van der Waals surface area contributed by atoms with E-state index in [1.807, 2.05) is 20.9 Å². The van der Waals surface area contributed by atoms with Crippen molar-refractivity contribution >= 4 is 23.6 Å². The van der Waals surface area contributed by atoms with Crippen molar-refractivity contribution in [3.63, 3.8) is 0 Å². The SMILES string of the molecule is CC.CCN(CC)c1c(N(C)CCC(C)C)c(=O)c1=S. The first-order valence-electron chi connectivity index (χ1n) is 7.73. The Labute approximate surface area is 129 Å². The molecule has 4 heteroatoms. The fourth-order valence-electron chi connectivity index (χ4n) is 2.12. The quantitative estimate of drug-likeness (QED) is 0.710. The fourth-order valence-corrected chi connectivity index (χ4v) is 2.44. The molecule has 0 fully saturated rings. The second-order valence-corrected chi connectivity index (χ2v) is 5.54. The minimum absolute atomic E-state index is 0.0400. The Hall–Kier alpha value is -0.900. The molecule has 0 heterocycles. The standard InChI is InChI=1S/C14H24N2OS.C2H6/c1-6-16(7-2)12-11(13(17)14(12)18)15(5)9-8-10(3)4;1-2/h10H,6-9H2,1-5H3;1-2H3. The molecule has 0 bridgehead atoms. The predicted octanol–water partition coefficient (Wildman–Crippen LogP) is 4.01. The Bertz CT molecular complexity index is 457. The van der Waals surface area contributed by atoms with E-state index in [0.717, 1.165) is 37.4 Å². The normalized spacial score (nSPS) is 10.4. The van der Waals surface area contributed by atoms with Gasteiger partial charge in [0.1, 0.15) is 10.2 Å². The third kappa shape index (κ3) is 4.30. The molecule has 0 N–H and O–H groups in total. The zero-order valence-corrected chi connectivity index (χ0v) is 14.9. The van der Waals surface area contributed by atoms with Gasteiger partial charge >= 0.3 is 0 Å². The summed E-state index contributed by atoms with van der Waals surface area (Å²) in [6.07, 6.45) is 1.09. The van der Waals surface area contributed by atoms with E-state index in [1.54, 1.807) is 0 Å². The first kappa shape index (κ1) is 19.1. The summed E-state index contributed by atoms with van der Waals surface area (Å²) < 4.78 is 0.505. The Morgan fingerprint density at radius 2 is 1.60 bits per heavy atom. The molecule has 0 spiro atoms. The molecule has 0 amide bonds. The summed E-state index contributed by atoms with van der Waals surface area (Å²) in [6, 6.07) is 0. The highest BCUT2D eigenvalue weighted by Gasteiger charge is 2.24. The van der Waals surface area contributed by atoms with E-state index < -0.39 is 0 Å². The van der Waals surface area contributed by atoms with Gasteiger partial charge in [-0.15, -0.1) is 0 Å². The van der Waals surface area contributed by atoms with Gasteiger partial charge in [0.05, 0.1) is 5.69 Å². The Kier molecular flexibility index (Phi) is 8.70. The third-order valence-electron chi connectivity index (χ3n) is 3.36. The monoisotopic (exact) mass is 298 g/mol. The highest BCUT2D eigenvalue weighted by molar-refractivity contribution is 7.71. The van der Waals surface area contributed by atoms with Crippen molar-refractivity contribution in [3.8, 4) is 0 Å². The lowest BCUT2D eigenvalue weighted by atomic mass is 10.1. The van der Waals surface area contributed by atoms with Crippen LogP contribution in [0, 0.1) is 10.4 Å². The lowest BCUT2D eigenvalue weighted by Crippen LogP contribution is -2.35. The summed E-state index contributed by atoms with van der Waals surface area (Å²) >= 11 is 5.19. The van der Waals surface area contributed by atoms with Gasteiger partial charge in [-0.1, -0.05) is 39.9 Å². The van der Waals surface area contributed by atoms with Gasteiger partial charge in [-0.3, -0.25) is 4.79 Å². The van der Waals surface area contributed by atoms with E-state index in [0.29, 0.717) is 10.4 Å². The molecule has 0 unspecified atom stereocenters. The number of hydrogen-bond donors (Lipinski definition) is 0. The van der Waals surface area contributed by atoms with Crippen LogP contribution in [0.1, 0.15) is 48.0 Å². The lowest BCUT2D eigenvalue weighted by molar-refractivity contribution is 0.584. The van der Waals surface area contributed by atoms with Crippen molar-refractivity contribution in [2.24, 2.45) is 5.92 Å². The third-order valence-corrected chi connectivity index (χ3v) is 3.74. The number of rotatable bonds is 7. The summed E-state index contributed by atoms with van der Waals surface area (Å²) in [5.74, 6) is 0.645. The lowest BCUT2D eigenvalue weighted by Gasteiger charge is -2.31. The Morgan fingerprint density at radius 1 is 1.10 bits per heavy atom. The first-order valence-corrected chi connectivity index (χ1v) is 8.14. The molecule has 0 radical (unpaired) electrons. The van der Waals surface area contributed by atoms with Crippen LogP contribution in [0.3, 0.4) is 0 Å². The first-order chi connectivity index (χ1) is 9.43. The van der Waals surface area contributed by atoms with Crippen molar-refractivity contribution in [1.29, 1.82) is 0 Å². The molecule has 1 aromatic rings. The van der Waals surface area contributed by atoms with Crippen molar-refractivity contribution in [1.82, 2.24) is 0 Å². The van der Waals surface area contributed by atoms with Crippen LogP contribution in [-0.4, -0.2) is 26.7 Å². The van der Waals surface area contributed by atoms with E-state index in [1.165, 1.54) is 0 Å². The van der Waals surface area contributed by atoms with Crippen molar-refractivity contribution in [2.75, 3.05) is 36.5 Å². The average Bonchev–Trinajstić information content (AvgIpc) is 2.46. The molecule has 0 atom stereocenters. The molecule has 0 aliphatic heterocycles. The summed E-state index contributed by atoms with van der Waals surface area (Å²) in [4.78, 5) is 16.2. The minimum atomic E-state index is 0.0400. The van der Waals surface area contributed by atoms with Crippen LogP contribution in [0.25, 0.3) is 0 Å². The number of hydrogen-bond acceptors (Lipinski definition) is 4. The molecule has 1 aromatic carbocycles. The number of anilines is 2. The maximum Gasteiger partial charge on any atom is 0.224 e. The molecule has 1 rings (SSSR count). The van der Waals surface area contributed by atoms with E-state index in [4.69, 9.17) is 12.2 Å². The van der Waals surface area contributed by atoms with Gasteiger partial charge in [-0.2, -0.15) is 0 Å². The topological polar surface area (TPSA) is 23.6 Å². The van der Waals surface area contributed by atoms with Crippen molar-refractivity contribution in [2.45, 2.75) is 48.0 Å². The summed E-state index contributed by atoms with van der Waals surface area (Å²) in [5, 5.41) is 0. The van der Waals surface area contributed by atoms with Crippen LogP contribution in [-0.2, 0) is 0 Å². The molecule has 0 aliphatic carbocycles. The molecular weight excluding hydrogens is 268 g/mol. The zero-order chi connectivity index (χ0) is 15.9. The highest BCUT2D eigenvalue weighted by Crippen LogP contribution is 2.30. The van der Waals surface area contributed by atoms with Gasteiger partial charge in [0.25, 0.3) is 0 Å². The molecule has 3 nitrogen and oxygen atoms in total. The summed E-state index contributed by atoms with van der Waals surface area (Å²) in [5.41, 5.74) is 1.83. The van der Waals surface area contributed by atoms with Crippen LogP contribution >= 0.6 is 12.2 Å². The molecule has 0 saturated carbocycles. The molecule has 0 aromatic heterocycles. The van der Waals surface area contributed by atoms with Crippen LogP contribution in [0.2, 0.25) is 0 Å². The summed E-state index contributed by atoms with van der Waals surface area (Å²) in [6.45, 7) is 15.3. The summed E-state index contributed by atoms with van der Waals surface area (Å²) in [7, 11) is 1.99. The van der Waals surface area contributed by atoms with E-state index in [9.17, 15) is 4.79 Å². The van der Waals surface area contributed by atoms with Crippen molar-refractivity contribution in [3.05, 3.63) is 14.7 Å². The van der Waals surface area contributed by atoms with Gasteiger partial charge in [0.15, 0.2) is 0 Å². The predicted molar refractivity (Wildman–Crippen MR) is 93.6 cm³/mol. The minimum Gasteiger partial charge on any atom is -0.370 e. The second-order valence-electron chi connectivity index (χ2n) is 5.13. The smallest absolute Gasteiger partial charge is 0.224 e. The zero-order valence-electron chi connectivity index (χ0n) is 14.1. The molecular formula is C16H30N2OS. The molecule has 20 heavy (non-hydrogen) atoms. The van der Waals surface area contributed by atoms with Gasteiger partial charge in [-0.25, -0.2) is 0 Å². The van der Waals surface area contributed by atoms with Crippen LogP contribution in [0.4, 0.5) is 11.4 Å². The molecule has 0 saturated heterocycles. The average molecular weight is 298 g/mol.